The predicted octanol–water partition coefficient (Wildman–Crippen LogP) is 1.87. The summed E-state index contributed by atoms with van der Waals surface area (Å²) in [5.74, 6) is -0.500. The third-order valence-electron chi connectivity index (χ3n) is 6.08. The molecule has 2 aromatic carbocycles. The first-order valence-electron chi connectivity index (χ1n) is 12.5. The van der Waals surface area contributed by atoms with Crippen molar-refractivity contribution in [1.82, 2.24) is 24.6 Å². The third-order valence-corrected chi connectivity index (χ3v) is 6.08. The Hall–Kier alpha value is -4.75. The van der Waals surface area contributed by atoms with Crippen LogP contribution in [0.2, 0.25) is 0 Å². The number of aryl methyl sites for hydroxylation is 1. The van der Waals surface area contributed by atoms with Crippen LogP contribution in [0.1, 0.15) is 0 Å². The van der Waals surface area contributed by atoms with Crippen molar-refractivity contribution in [1.29, 1.82) is 0 Å². The number of ether oxygens (including phenoxy) is 2. The van der Waals surface area contributed by atoms with Gasteiger partial charge in [-0.05, 0) is 36.4 Å². The monoisotopic (exact) mass is 550 g/mol. The maximum Gasteiger partial charge on any atom is 0.414 e. The molecular weight excluding hydrogens is 520 g/mol. The Morgan fingerprint density at radius 2 is 1.52 bits per heavy atom. The number of β-amino-alcohol motifs (C(OH)–C–C–N with tert-alkyl or cyclic N) is 1. The van der Waals surface area contributed by atoms with E-state index in [1.54, 1.807) is 11.0 Å². The quantitative estimate of drug-likeness (QED) is 0.273. The average Bonchev–Trinajstić information content (AvgIpc) is 3.35. The Labute approximate surface area is 229 Å². The molecule has 4 aromatic rings. The molecule has 0 spiro atoms. The van der Waals surface area contributed by atoms with Gasteiger partial charge in [0.15, 0.2) is 5.65 Å². The van der Waals surface area contributed by atoms with Gasteiger partial charge in [0, 0.05) is 39.8 Å². The number of aliphatic carboxylic acids is 2. The molecule has 3 heterocycles. The summed E-state index contributed by atoms with van der Waals surface area (Å²) < 4.78 is 13.3. The summed E-state index contributed by atoms with van der Waals surface area (Å²) >= 11 is 0. The van der Waals surface area contributed by atoms with E-state index >= 15 is 0 Å². The van der Waals surface area contributed by atoms with E-state index in [9.17, 15) is 5.11 Å². The number of carboxylic acid groups (broad SMARTS) is 2. The first-order valence-corrected chi connectivity index (χ1v) is 12.5. The van der Waals surface area contributed by atoms with Gasteiger partial charge in [-0.2, -0.15) is 5.10 Å². The van der Waals surface area contributed by atoms with Crippen molar-refractivity contribution in [3.05, 3.63) is 67.1 Å². The fraction of sp³-hybridized carbons (Fsp3) is 0.296. The van der Waals surface area contributed by atoms with Gasteiger partial charge in [-0.15, -0.1) is 0 Å². The molecule has 1 saturated heterocycles. The van der Waals surface area contributed by atoms with E-state index in [4.69, 9.17) is 29.3 Å². The van der Waals surface area contributed by atoms with Crippen LogP contribution < -0.4 is 14.4 Å². The van der Waals surface area contributed by atoms with E-state index in [1.165, 1.54) is 0 Å². The second-order valence-corrected chi connectivity index (χ2v) is 8.95. The van der Waals surface area contributed by atoms with E-state index in [0.29, 0.717) is 12.3 Å². The second-order valence-electron chi connectivity index (χ2n) is 8.95. The lowest BCUT2D eigenvalue weighted by Gasteiger charge is -2.36. The van der Waals surface area contributed by atoms with Crippen molar-refractivity contribution >= 4 is 28.8 Å². The predicted molar refractivity (Wildman–Crippen MR) is 145 cm³/mol. The number of hydrogen-bond donors (Lipinski definition) is 3. The lowest BCUT2D eigenvalue weighted by molar-refractivity contribution is -0.159. The number of hydrogen-bond acceptors (Lipinski definition) is 10. The normalized spacial score (nSPS) is 14.2. The third kappa shape index (κ3) is 7.65. The molecule has 1 aliphatic rings. The van der Waals surface area contributed by atoms with E-state index in [1.807, 2.05) is 67.8 Å². The Kier molecular flexibility index (Phi) is 9.44. The number of para-hydroxylation sites is 1. The lowest BCUT2D eigenvalue weighted by Crippen LogP contribution is -2.49. The van der Waals surface area contributed by atoms with Crippen LogP contribution in [0.15, 0.2) is 67.1 Å². The summed E-state index contributed by atoms with van der Waals surface area (Å²) in [5.41, 5.74) is 0.833. The Morgan fingerprint density at radius 3 is 2.17 bits per heavy atom. The number of benzene rings is 2. The number of nitrogens with zero attached hydrogens (tertiary/aromatic N) is 6. The van der Waals surface area contributed by atoms with Crippen LogP contribution >= 0.6 is 0 Å². The molecule has 0 saturated carbocycles. The second kappa shape index (κ2) is 13.4. The number of piperazine rings is 1. The van der Waals surface area contributed by atoms with E-state index in [0.717, 1.165) is 54.5 Å². The highest BCUT2D eigenvalue weighted by Crippen LogP contribution is 2.24. The van der Waals surface area contributed by atoms with Crippen molar-refractivity contribution in [3.8, 4) is 17.2 Å². The summed E-state index contributed by atoms with van der Waals surface area (Å²) in [6.07, 6.45) is 2.84. The maximum absolute atomic E-state index is 10.5. The van der Waals surface area contributed by atoms with Crippen LogP contribution in [0.25, 0.3) is 11.0 Å². The molecule has 3 N–H and O–H groups in total. The minimum absolute atomic E-state index is 0.237. The Bertz CT molecular complexity index is 1390. The van der Waals surface area contributed by atoms with Gasteiger partial charge in [0.25, 0.3) is 0 Å². The summed E-state index contributed by atoms with van der Waals surface area (Å²) in [6.45, 7) is 4.15. The van der Waals surface area contributed by atoms with Crippen LogP contribution in [-0.4, -0.2) is 97.3 Å². The van der Waals surface area contributed by atoms with Crippen LogP contribution in [0.4, 0.5) is 5.82 Å². The van der Waals surface area contributed by atoms with Gasteiger partial charge in [0.05, 0.1) is 11.6 Å². The molecule has 1 atom stereocenters. The molecule has 1 aliphatic heterocycles. The fourth-order valence-corrected chi connectivity index (χ4v) is 4.12. The van der Waals surface area contributed by atoms with Gasteiger partial charge in [-0.1, -0.05) is 18.2 Å². The zero-order valence-electron chi connectivity index (χ0n) is 21.8. The number of aromatic nitrogens is 4. The molecule has 0 aliphatic carbocycles. The summed E-state index contributed by atoms with van der Waals surface area (Å²) in [7, 11) is 1.88. The molecule has 2 aromatic heterocycles. The molecule has 0 radical (unpaired) electrons. The van der Waals surface area contributed by atoms with E-state index in [2.05, 4.69) is 24.9 Å². The van der Waals surface area contributed by atoms with Gasteiger partial charge < -0.3 is 29.7 Å². The molecule has 1 fully saturated rings. The van der Waals surface area contributed by atoms with Crippen LogP contribution in [-0.2, 0) is 16.6 Å². The van der Waals surface area contributed by atoms with Gasteiger partial charge >= 0.3 is 11.9 Å². The summed E-state index contributed by atoms with van der Waals surface area (Å²) in [6, 6.07) is 17.1. The molecule has 1 unspecified atom stereocenters. The number of anilines is 1. The van der Waals surface area contributed by atoms with E-state index < -0.39 is 18.0 Å². The standard InChI is InChI=1S/C25H28N6O3.C2H2O4/c1-29-24-23(15-28-29)25(27-18-26-24)31-13-11-30(12-14-31)16-19(32)17-33-20-7-9-22(10-8-20)34-21-5-3-2-4-6-21;3-1(4)2(5)6/h2-10,15,18-19,32H,11-14,16-17H2,1H3;(H,3,4)(H,5,6). The van der Waals surface area contributed by atoms with Crippen LogP contribution in [0, 0.1) is 0 Å². The number of carbonyl (C=O) groups is 2. The summed E-state index contributed by atoms with van der Waals surface area (Å²) in [5, 5.41) is 30.5. The van der Waals surface area contributed by atoms with Gasteiger partial charge in [-0.25, -0.2) is 19.6 Å². The minimum Gasteiger partial charge on any atom is -0.491 e. The Balaban J connectivity index is 0.000000557. The maximum atomic E-state index is 10.5. The van der Waals surface area contributed by atoms with Crippen molar-refractivity contribution in [2.24, 2.45) is 7.05 Å². The van der Waals surface area contributed by atoms with Crippen LogP contribution in [0.3, 0.4) is 0 Å². The number of aliphatic hydroxyl groups excluding tert-OH is 1. The minimum atomic E-state index is -1.82. The number of carboxylic acids is 2. The van der Waals surface area contributed by atoms with Crippen molar-refractivity contribution in [3.63, 3.8) is 0 Å². The van der Waals surface area contributed by atoms with Gasteiger partial charge in [-0.3, -0.25) is 9.58 Å². The van der Waals surface area contributed by atoms with Crippen molar-refractivity contribution < 1.29 is 34.4 Å². The highest BCUT2D eigenvalue weighted by atomic mass is 16.5. The Morgan fingerprint density at radius 1 is 0.900 bits per heavy atom. The average molecular weight is 551 g/mol. The molecular formula is C27H30N6O7. The fourth-order valence-electron chi connectivity index (χ4n) is 4.12. The zero-order chi connectivity index (χ0) is 28.5. The lowest BCUT2D eigenvalue weighted by atomic mass is 10.2. The first-order chi connectivity index (χ1) is 19.3. The largest absolute Gasteiger partial charge is 0.491 e. The highest BCUT2D eigenvalue weighted by molar-refractivity contribution is 6.27. The van der Waals surface area contributed by atoms with Gasteiger partial charge in [0.2, 0.25) is 0 Å². The SMILES string of the molecule is Cn1ncc2c(N3CCN(CC(O)COc4ccc(Oc5ccccc5)cc4)CC3)ncnc21.O=C(O)C(=O)O. The number of aliphatic hydroxyl groups is 1. The molecule has 13 heteroatoms. The van der Waals surface area contributed by atoms with Crippen molar-refractivity contribution in [2.75, 3.05) is 44.2 Å². The smallest absolute Gasteiger partial charge is 0.414 e. The topological polar surface area (TPSA) is 163 Å². The molecule has 13 nitrogen and oxygen atoms in total. The van der Waals surface area contributed by atoms with Crippen LogP contribution in [0.5, 0.6) is 17.2 Å². The molecule has 0 amide bonds. The molecule has 210 valence electrons. The van der Waals surface area contributed by atoms with Gasteiger partial charge in [0.1, 0.15) is 42.1 Å². The first kappa shape index (κ1) is 28.3. The molecule has 5 rings (SSSR count). The molecule has 0 bridgehead atoms. The highest BCUT2D eigenvalue weighted by Gasteiger charge is 2.22. The number of rotatable bonds is 8. The zero-order valence-corrected chi connectivity index (χ0v) is 21.8. The number of fused-ring (bicyclic) bond motifs is 1. The van der Waals surface area contributed by atoms with E-state index in [-0.39, 0.29) is 6.61 Å². The molecule has 40 heavy (non-hydrogen) atoms. The van der Waals surface area contributed by atoms with Crippen molar-refractivity contribution in [2.45, 2.75) is 6.10 Å². The summed E-state index contributed by atoms with van der Waals surface area (Å²) in [4.78, 5) is 31.5.